The van der Waals surface area contributed by atoms with Crippen LogP contribution in [0.1, 0.15) is 0 Å². The van der Waals surface area contributed by atoms with Gasteiger partial charge in [0.15, 0.2) is 5.76 Å². The minimum absolute atomic E-state index is 0.0224. The lowest BCUT2D eigenvalue weighted by Crippen LogP contribution is -2.02. The van der Waals surface area contributed by atoms with Crippen LogP contribution < -0.4 is 5.43 Å². The zero-order valence-electron chi connectivity index (χ0n) is 10.1. The van der Waals surface area contributed by atoms with E-state index in [1.54, 1.807) is 36.4 Å². The Morgan fingerprint density at radius 2 is 1.70 bits per heavy atom. The molecule has 0 unspecified atom stereocenters. The molecule has 0 radical (unpaired) electrons. The van der Waals surface area contributed by atoms with Crippen molar-refractivity contribution in [3.8, 4) is 22.8 Å². The van der Waals surface area contributed by atoms with Crippen LogP contribution in [0, 0.1) is 0 Å². The van der Waals surface area contributed by atoms with Crippen LogP contribution in [0.15, 0.2) is 56.1 Å². The summed E-state index contributed by atoms with van der Waals surface area (Å²) in [5.74, 6) is -0.643. The van der Waals surface area contributed by atoms with Gasteiger partial charge in [-0.25, -0.2) is 0 Å². The summed E-state index contributed by atoms with van der Waals surface area (Å²) < 4.78 is 6.43. The lowest BCUT2D eigenvalue weighted by atomic mass is 10.1. The summed E-state index contributed by atoms with van der Waals surface area (Å²) in [6.07, 6.45) is 0. The van der Waals surface area contributed by atoms with Gasteiger partial charge < -0.3 is 14.6 Å². The zero-order chi connectivity index (χ0) is 14.3. The second-order valence-corrected chi connectivity index (χ2v) is 5.18. The van der Waals surface area contributed by atoms with Gasteiger partial charge in [0.05, 0.1) is 0 Å². The highest BCUT2D eigenvalue weighted by Crippen LogP contribution is 2.32. The first-order valence-electron chi connectivity index (χ1n) is 5.81. The van der Waals surface area contributed by atoms with Crippen LogP contribution >= 0.6 is 15.9 Å². The van der Waals surface area contributed by atoms with E-state index < -0.39 is 11.2 Å². The van der Waals surface area contributed by atoms with Gasteiger partial charge in [-0.1, -0.05) is 22.0 Å². The van der Waals surface area contributed by atoms with E-state index in [-0.39, 0.29) is 22.5 Å². The number of halogens is 1. The van der Waals surface area contributed by atoms with Crippen molar-refractivity contribution in [2.24, 2.45) is 0 Å². The van der Waals surface area contributed by atoms with E-state index in [2.05, 4.69) is 15.9 Å². The second kappa shape index (κ2) is 4.68. The molecule has 2 aromatic carbocycles. The predicted octanol–water partition coefficient (Wildman–Crippen LogP) is 3.63. The number of aromatic hydroxyl groups is 2. The van der Waals surface area contributed by atoms with Crippen LogP contribution in [0.3, 0.4) is 0 Å². The van der Waals surface area contributed by atoms with Crippen molar-refractivity contribution >= 4 is 26.9 Å². The second-order valence-electron chi connectivity index (χ2n) is 4.27. The summed E-state index contributed by atoms with van der Waals surface area (Å²) in [6.45, 7) is 0. The Kier molecular flexibility index (Phi) is 2.99. The number of phenolic OH excluding ortho intramolecular Hbond substituents is 1. The first kappa shape index (κ1) is 12.7. The molecule has 0 aliphatic carbocycles. The topological polar surface area (TPSA) is 70.7 Å². The van der Waals surface area contributed by atoms with E-state index in [1.807, 2.05) is 0 Å². The third kappa shape index (κ3) is 1.96. The Morgan fingerprint density at radius 3 is 2.40 bits per heavy atom. The number of rotatable bonds is 1. The third-order valence-electron chi connectivity index (χ3n) is 2.98. The van der Waals surface area contributed by atoms with Crippen molar-refractivity contribution < 1.29 is 14.6 Å². The minimum atomic E-state index is -0.651. The summed E-state index contributed by atoms with van der Waals surface area (Å²) in [4.78, 5) is 12.1. The number of hydrogen-bond donors (Lipinski definition) is 2. The quantitative estimate of drug-likeness (QED) is 0.713. The fraction of sp³-hybridized carbons (Fsp3) is 0. The maximum atomic E-state index is 12.1. The Hall–Kier alpha value is -2.27. The summed E-state index contributed by atoms with van der Waals surface area (Å²) in [5, 5.41) is 19.7. The Balaban J connectivity index is 2.36. The fourth-order valence-electron chi connectivity index (χ4n) is 2.01. The molecule has 5 heteroatoms. The van der Waals surface area contributed by atoms with Crippen molar-refractivity contribution in [3.63, 3.8) is 0 Å². The van der Waals surface area contributed by atoms with Crippen LogP contribution in [0.2, 0.25) is 0 Å². The molecule has 3 aromatic rings. The van der Waals surface area contributed by atoms with E-state index in [0.717, 1.165) is 4.47 Å². The number of benzene rings is 2. The maximum absolute atomic E-state index is 12.1. The normalized spacial score (nSPS) is 10.8. The fourth-order valence-corrected chi connectivity index (χ4v) is 2.27. The van der Waals surface area contributed by atoms with Crippen molar-refractivity contribution in [2.75, 3.05) is 0 Å². The standard InChI is InChI=1S/C15H9BrO4/c16-9-6-4-8(5-7-9)15-14(19)13(18)12-10(17)2-1-3-11(12)20-15/h1-7,17,19H. The van der Waals surface area contributed by atoms with Gasteiger partial charge in [0, 0.05) is 10.0 Å². The molecule has 0 aliphatic heterocycles. The summed E-state index contributed by atoms with van der Waals surface area (Å²) >= 11 is 3.31. The van der Waals surface area contributed by atoms with E-state index in [1.165, 1.54) is 6.07 Å². The highest BCUT2D eigenvalue weighted by molar-refractivity contribution is 9.10. The molecule has 0 fully saturated rings. The highest BCUT2D eigenvalue weighted by atomic mass is 79.9. The number of hydrogen-bond acceptors (Lipinski definition) is 4. The average molecular weight is 333 g/mol. The van der Waals surface area contributed by atoms with Crippen LogP contribution in [0.4, 0.5) is 0 Å². The average Bonchev–Trinajstić information content (AvgIpc) is 2.44. The van der Waals surface area contributed by atoms with Gasteiger partial charge >= 0.3 is 0 Å². The van der Waals surface area contributed by atoms with Crippen LogP contribution in [-0.2, 0) is 0 Å². The molecule has 4 nitrogen and oxygen atoms in total. The molecule has 1 aromatic heterocycles. The van der Waals surface area contributed by atoms with Gasteiger partial charge in [0.25, 0.3) is 0 Å². The van der Waals surface area contributed by atoms with Crippen molar-refractivity contribution in [3.05, 3.63) is 57.2 Å². The molecular formula is C15H9BrO4. The van der Waals surface area contributed by atoms with E-state index in [0.29, 0.717) is 5.56 Å². The molecule has 0 saturated heterocycles. The lowest BCUT2D eigenvalue weighted by molar-refractivity contribution is 0.445. The molecule has 0 bridgehead atoms. The predicted molar refractivity (Wildman–Crippen MR) is 78.9 cm³/mol. The molecule has 0 saturated carbocycles. The molecule has 3 rings (SSSR count). The number of fused-ring (bicyclic) bond motifs is 1. The Morgan fingerprint density at radius 1 is 1.00 bits per heavy atom. The monoisotopic (exact) mass is 332 g/mol. The molecule has 20 heavy (non-hydrogen) atoms. The van der Waals surface area contributed by atoms with Crippen LogP contribution in [0.5, 0.6) is 11.5 Å². The Labute approximate surface area is 122 Å². The van der Waals surface area contributed by atoms with Crippen LogP contribution in [0.25, 0.3) is 22.3 Å². The third-order valence-corrected chi connectivity index (χ3v) is 3.51. The van der Waals surface area contributed by atoms with Crippen molar-refractivity contribution in [1.29, 1.82) is 0 Å². The van der Waals surface area contributed by atoms with E-state index in [4.69, 9.17) is 4.42 Å². The SMILES string of the molecule is O=c1c(O)c(-c2ccc(Br)cc2)oc2cccc(O)c12. The summed E-state index contributed by atoms with van der Waals surface area (Å²) in [6, 6.07) is 11.5. The zero-order valence-corrected chi connectivity index (χ0v) is 11.7. The van der Waals surface area contributed by atoms with Gasteiger partial charge in [-0.15, -0.1) is 0 Å². The van der Waals surface area contributed by atoms with Gasteiger partial charge in [-0.05, 0) is 36.4 Å². The molecule has 0 atom stereocenters. The first-order valence-corrected chi connectivity index (χ1v) is 6.61. The minimum Gasteiger partial charge on any atom is -0.507 e. The van der Waals surface area contributed by atoms with E-state index in [9.17, 15) is 15.0 Å². The highest BCUT2D eigenvalue weighted by Gasteiger charge is 2.17. The van der Waals surface area contributed by atoms with Gasteiger partial charge in [-0.2, -0.15) is 0 Å². The first-order chi connectivity index (χ1) is 9.58. The molecule has 100 valence electrons. The molecule has 0 spiro atoms. The van der Waals surface area contributed by atoms with Crippen molar-refractivity contribution in [1.82, 2.24) is 0 Å². The van der Waals surface area contributed by atoms with Crippen molar-refractivity contribution in [2.45, 2.75) is 0 Å². The van der Waals surface area contributed by atoms with Gasteiger partial charge in [0.1, 0.15) is 16.7 Å². The van der Waals surface area contributed by atoms with Crippen LogP contribution in [-0.4, -0.2) is 10.2 Å². The smallest absolute Gasteiger partial charge is 0.238 e. The Bertz CT molecular complexity index is 850. The molecule has 0 aliphatic rings. The lowest BCUT2D eigenvalue weighted by Gasteiger charge is -2.06. The van der Waals surface area contributed by atoms with E-state index >= 15 is 0 Å². The maximum Gasteiger partial charge on any atom is 0.238 e. The summed E-state index contributed by atoms with van der Waals surface area (Å²) in [7, 11) is 0. The molecule has 2 N–H and O–H groups in total. The molecule has 1 heterocycles. The summed E-state index contributed by atoms with van der Waals surface area (Å²) in [5.41, 5.74) is 0.154. The number of phenols is 1. The van der Waals surface area contributed by atoms with Gasteiger partial charge in [-0.3, -0.25) is 4.79 Å². The molecular weight excluding hydrogens is 324 g/mol. The van der Waals surface area contributed by atoms with Gasteiger partial charge in [0.2, 0.25) is 11.2 Å². The molecule has 0 amide bonds. The largest absolute Gasteiger partial charge is 0.507 e.